The number of aryl methyl sites for hydroxylation is 1. The van der Waals surface area contributed by atoms with E-state index in [2.05, 4.69) is 0 Å². The molecule has 5 nitrogen and oxygen atoms in total. The highest BCUT2D eigenvalue weighted by atomic mass is 32.2. The second kappa shape index (κ2) is 2.93. The van der Waals surface area contributed by atoms with Crippen LogP contribution < -0.4 is 5.14 Å². The fraction of sp³-hybridized carbons (Fsp3) is 0.375. The van der Waals surface area contributed by atoms with Gasteiger partial charge in [0.15, 0.2) is 5.78 Å². The lowest BCUT2D eigenvalue weighted by atomic mass is 9.95. The van der Waals surface area contributed by atoms with Gasteiger partial charge >= 0.3 is 10.2 Å². The van der Waals surface area contributed by atoms with E-state index >= 15 is 0 Å². The predicted molar refractivity (Wildman–Crippen MR) is 50.2 cm³/mol. The van der Waals surface area contributed by atoms with Gasteiger partial charge in [-0.25, -0.2) is 9.11 Å². The quantitative estimate of drug-likeness (QED) is 0.717. The summed E-state index contributed by atoms with van der Waals surface area (Å²) in [6.07, 6.45) is 4.72. The van der Waals surface area contributed by atoms with Crippen molar-refractivity contribution in [1.29, 1.82) is 0 Å². The van der Waals surface area contributed by atoms with Crippen molar-refractivity contribution in [3.05, 3.63) is 23.5 Å². The Kier molecular flexibility index (Phi) is 1.97. The lowest BCUT2D eigenvalue weighted by molar-refractivity contribution is 0.0973. The average molecular weight is 214 g/mol. The van der Waals surface area contributed by atoms with Crippen molar-refractivity contribution >= 4 is 16.0 Å². The van der Waals surface area contributed by atoms with Crippen molar-refractivity contribution in [2.75, 3.05) is 0 Å². The van der Waals surface area contributed by atoms with Crippen LogP contribution in [0.25, 0.3) is 0 Å². The van der Waals surface area contributed by atoms with E-state index < -0.39 is 10.2 Å². The summed E-state index contributed by atoms with van der Waals surface area (Å²) in [7, 11) is -3.76. The van der Waals surface area contributed by atoms with E-state index in [1.165, 1.54) is 12.4 Å². The summed E-state index contributed by atoms with van der Waals surface area (Å²) in [4.78, 5) is 11.4. The van der Waals surface area contributed by atoms with Crippen LogP contribution in [0, 0.1) is 0 Å². The molecule has 0 atom stereocenters. The molecule has 1 heterocycles. The summed E-state index contributed by atoms with van der Waals surface area (Å²) >= 11 is 0. The van der Waals surface area contributed by atoms with Gasteiger partial charge in [0.25, 0.3) is 0 Å². The van der Waals surface area contributed by atoms with Gasteiger partial charge in [-0.3, -0.25) is 4.79 Å². The third-order valence-corrected chi connectivity index (χ3v) is 3.13. The van der Waals surface area contributed by atoms with Crippen LogP contribution in [0.15, 0.2) is 12.4 Å². The fourth-order valence-corrected chi connectivity index (χ4v) is 2.17. The molecule has 0 fully saturated rings. The maximum Gasteiger partial charge on any atom is 0.302 e. The molecule has 2 N–H and O–H groups in total. The highest BCUT2D eigenvalue weighted by Gasteiger charge is 2.21. The van der Waals surface area contributed by atoms with Crippen molar-refractivity contribution < 1.29 is 13.2 Å². The molecule has 0 spiro atoms. The summed E-state index contributed by atoms with van der Waals surface area (Å²) in [6.45, 7) is 0. The number of hydrogen-bond acceptors (Lipinski definition) is 3. The molecule has 0 aliphatic heterocycles. The van der Waals surface area contributed by atoms with Crippen molar-refractivity contribution in [2.24, 2.45) is 5.14 Å². The second-order valence-electron chi connectivity index (χ2n) is 3.35. The Morgan fingerprint density at radius 1 is 1.29 bits per heavy atom. The van der Waals surface area contributed by atoms with Crippen LogP contribution in [0.3, 0.4) is 0 Å². The standard InChI is InChI=1S/C8H10N2O3S/c9-14(12,13)10-4-6-2-1-3-8(11)7(6)5-10/h4-5H,1-3H2,(H2,9,12,13). The average Bonchev–Trinajstić information content (AvgIpc) is 2.48. The van der Waals surface area contributed by atoms with E-state index in [9.17, 15) is 13.2 Å². The fourth-order valence-electron chi connectivity index (χ4n) is 1.64. The molecule has 0 amide bonds. The van der Waals surface area contributed by atoms with Gasteiger partial charge in [-0.1, -0.05) is 0 Å². The molecule has 0 unspecified atom stereocenters. The highest BCUT2D eigenvalue weighted by Crippen LogP contribution is 2.22. The number of hydrogen-bond donors (Lipinski definition) is 1. The van der Waals surface area contributed by atoms with Gasteiger partial charge in [0.1, 0.15) is 0 Å². The molecule has 0 radical (unpaired) electrons. The number of nitrogens with zero attached hydrogens (tertiary/aromatic N) is 1. The number of carbonyl (C=O) groups excluding carboxylic acids is 1. The molecule has 1 aliphatic carbocycles. The minimum atomic E-state index is -3.76. The Labute approximate surface area is 81.7 Å². The van der Waals surface area contributed by atoms with Crippen LogP contribution >= 0.6 is 0 Å². The first-order chi connectivity index (χ1) is 6.48. The number of nitrogens with two attached hydrogens (primary N) is 1. The zero-order valence-corrected chi connectivity index (χ0v) is 8.25. The van der Waals surface area contributed by atoms with Crippen LogP contribution in [-0.4, -0.2) is 18.2 Å². The summed E-state index contributed by atoms with van der Waals surface area (Å²) in [5, 5.41) is 4.94. The minimum absolute atomic E-state index is 0.00588. The van der Waals surface area contributed by atoms with E-state index in [1.54, 1.807) is 0 Å². The summed E-state index contributed by atoms with van der Waals surface area (Å²) in [5.41, 5.74) is 1.26. The van der Waals surface area contributed by atoms with E-state index in [0.29, 0.717) is 12.0 Å². The van der Waals surface area contributed by atoms with Crippen molar-refractivity contribution in [2.45, 2.75) is 19.3 Å². The maximum atomic E-state index is 11.4. The number of Topliss-reactive ketones (excluding diaryl/α,β-unsaturated/α-hetero) is 1. The topological polar surface area (TPSA) is 82.2 Å². The molecular weight excluding hydrogens is 204 g/mol. The predicted octanol–water partition coefficient (Wildman–Crippen LogP) is 0.0587. The van der Waals surface area contributed by atoms with Crippen molar-refractivity contribution in [3.63, 3.8) is 0 Å². The van der Waals surface area contributed by atoms with Gasteiger partial charge in [-0.2, -0.15) is 8.42 Å². The third kappa shape index (κ3) is 1.46. The third-order valence-electron chi connectivity index (χ3n) is 2.33. The first kappa shape index (κ1) is 9.42. The molecule has 0 saturated heterocycles. The van der Waals surface area contributed by atoms with Gasteiger partial charge < -0.3 is 0 Å². The summed E-state index contributed by atoms with van der Waals surface area (Å²) in [6, 6.07) is 0. The lowest BCUT2D eigenvalue weighted by Crippen LogP contribution is -2.20. The smallest absolute Gasteiger partial charge is 0.294 e. The minimum Gasteiger partial charge on any atom is -0.294 e. The molecule has 1 aromatic heterocycles. The Morgan fingerprint density at radius 2 is 2.00 bits per heavy atom. The molecule has 0 aromatic carbocycles. The first-order valence-electron chi connectivity index (χ1n) is 4.26. The Bertz CT molecular complexity index is 487. The molecule has 2 rings (SSSR count). The van der Waals surface area contributed by atoms with Crippen LogP contribution in [-0.2, 0) is 16.6 Å². The zero-order chi connectivity index (χ0) is 10.3. The molecule has 76 valence electrons. The number of carbonyl (C=O) groups is 1. The summed E-state index contributed by atoms with van der Waals surface area (Å²) in [5.74, 6) is -0.00588. The molecule has 1 aliphatic rings. The monoisotopic (exact) mass is 214 g/mol. The normalized spacial score (nSPS) is 16.8. The van der Waals surface area contributed by atoms with Gasteiger partial charge in [-0.05, 0) is 18.4 Å². The summed E-state index contributed by atoms with van der Waals surface area (Å²) < 4.78 is 22.9. The highest BCUT2D eigenvalue weighted by molar-refractivity contribution is 7.87. The zero-order valence-electron chi connectivity index (χ0n) is 7.43. The molecule has 1 aromatic rings. The second-order valence-corrected chi connectivity index (χ2v) is 4.80. The Morgan fingerprint density at radius 3 is 2.57 bits per heavy atom. The van der Waals surface area contributed by atoms with E-state index in [4.69, 9.17) is 5.14 Å². The SMILES string of the molecule is NS(=O)(=O)n1cc2c(c1)C(=O)CCC2. The van der Waals surface area contributed by atoms with Crippen molar-refractivity contribution in [3.8, 4) is 0 Å². The van der Waals surface area contributed by atoms with Gasteiger partial charge in [0.05, 0.1) is 0 Å². The Hall–Kier alpha value is -1.14. The largest absolute Gasteiger partial charge is 0.302 e. The van der Waals surface area contributed by atoms with Crippen molar-refractivity contribution in [1.82, 2.24) is 3.97 Å². The van der Waals surface area contributed by atoms with Crippen LogP contribution in [0.5, 0.6) is 0 Å². The molecule has 6 heteroatoms. The lowest BCUT2D eigenvalue weighted by Gasteiger charge is -2.07. The number of fused-ring (bicyclic) bond motifs is 1. The van der Waals surface area contributed by atoms with Gasteiger partial charge in [0.2, 0.25) is 0 Å². The van der Waals surface area contributed by atoms with Gasteiger partial charge in [-0.15, -0.1) is 0 Å². The maximum absolute atomic E-state index is 11.4. The van der Waals surface area contributed by atoms with Crippen LogP contribution in [0.2, 0.25) is 0 Å². The van der Waals surface area contributed by atoms with Gasteiger partial charge in [0, 0.05) is 24.4 Å². The molecule has 14 heavy (non-hydrogen) atoms. The molecular formula is C8H10N2O3S. The molecule has 0 saturated carbocycles. The van der Waals surface area contributed by atoms with E-state index in [1.807, 2.05) is 0 Å². The van der Waals surface area contributed by atoms with Crippen LogP contribution in [0.1, 0.15) is 28.8 Å². The van der Waals surface area contributed by atoms with Crippen LogP contribution in [0.4, 0.5) is 0 Å². The number of aromatic nitrogens is 1. The Balaban J connectivity index is 2.56. The number of ketones is 1. The van der Waals surface area contributed by atoms with E-state index in [-0.39, 0.29) is 5.78 Å². The number of rotatable bonds is 1. The van der Waals surface area contributed by atoms with E-state index in [0.717, 1.165) is 22.4 Å². The molecule has 0 bridgehead atoms. The first-order valence-corrected chi connectivity index (χ1v) is 5.76.